The van der Waals surface area contributed by atoms with E-state index in [-0.39, 0.29) is 18.2 Å². The molecule has 1 atom stereocenters. The summed E-state index contributed by atoms with van der Waals surface area (Å²) in [6.07, 6.45) is -4.35. The van der Waals surface area contributed by atoms with Gasteiger partial charge >= 0.3 is 6.18 Å². The number of alkyl halides is 3. The van der Waals surface area contributed by atoms with E-state index in [1.807, 2.05) is 38.1 Å². The molecule has 25 heavy (non-hydrogen) atoms. The number of benzene rings is 2. The molecule has 0 saturated heterocycles. The predicted molar refractivity (Wildman–Crippen MR) is 92.1 cm³/mol. The van der Waals surface area contributed by atoms with Crippen molar-refractivity contribution < 1.29 is 13.2 Å². The van der Waals surface area contributed by atoms with E-state index < -0.39 is 11.7 Å². The summed E-state index contributed by atoms with van der Waals surface area (Å²) in [4.78, 5) is 4.65. The molecule has 0 amide bonds. The normalized spacial score (nSPS) is 13.3. The zero-order valence-electron chi connectivity index (χ0n) is 14.1. The summed E-state index contributed by atoms with van der Waals surface area (Å²) in [5, 5.41) is 3.18. The quantitative estimate of drug-likeness (QED) is 0.709. The first-order valence-corrected chi connectivity index (χ1v) is 8.25. The van der Waals surface area contributed by atoms with E-state index in [2.05, 4.69) is 14.9 Å². The monoisotopic (exact) mass is 347 g/mol. The van der Waals surface area contributed by atoms with Crippen molar-refractivity contribution in [2.75, 3.05) is 0 Å². The number of hydrogen-bond acceptors (Lipinski definition) is 2. The highest BCUT2D eigenvalue weighted by atomic mass is 19.4. The fraction of sp³-hybridized carbons (Fsp3) is 0.316. The van der Waals surface area contributed by atoms with Crippen LogP contribution in [0.1, 0.15) is 36.8 Å². The van der Waals surface area contributed by atoms with Gasteiger partial charge in [0, 0.05) is 13.1 Å². The summed E-state index contributed by atoms with van der Waals surface area (Å²) in [6.45, 7) is 4.83. The first-order valence-electron chi connectivity index (χ1n) is 8.25. The fourth-order valence-electron chi connectivity index (χ4n) is 3.06. The van der Waals surface area contributed by atoms with E-state index in [4.69, 9.17) is 0 Å². The average molecular weight is 347 g/mol. The summed E-state index contributed by atoms with van der Waals surface area (Å²) < 4.78 is 41.4. The number of fused-ring (bicyclic) bond motifs is 1. The minimum absolute atomic E-state index is 0.129. The van der Waals surface area contributed by atoms with Crippen LogP contribution in [-0.4, -0.2) is 9.55 Å². The Morgan fingerprint density at radius 3 is 2.48 bits per heavy atom. The van der Waals surface area contributed by atoms with Gasteiger partial charge in [-0.2, -0.15) is 13.2 Å². The van der Waals surface area contributed by atoms with E-state index in [0.29, 0.717) is 0 Å². The second kappa shape index (κ2) is 6.88. The molecule has 1 unspecified atom stereocenters. The Kier molecular flexibility index (Phi) is 4.81. The summed E-state index contributed by atoms with van der Waals surface area (Å²) in [7, 11) is 0. The molecule has 1 heterocycles. The zero-order chi connectivity index (χ0) is 18.0. The van der Waals surface area contributed by atoms with E-state index in [1.165, 1.54) is 12.1 Å². The second-order valence-corrected chi connectivity index (χ2v) is 5.96. The summed E-state index contributed by atoms with van der Waals surface area (Å²) >= 11 is 0. The number of nitrogens with zero attached hydrogens (tertiary/aromatic N) is 2. The third kappa shape index (κ3) is 3.54. The maximum atomic E-state index is 13.1. The maximum Gasteiger partial charge on any atom is 0.416 e. The van der Waals surface area contributed by atoms with Crippen LogP contribution in [0.15, 0.2) is 48.5 Å². The molecule has 0 spiro atoms. The number of hydrogen-bond donors (Lipinski definition) is 1. The van der Waals surface area contributed by atoms with Crippen LogP contribution in [0.25, 0.3) is 11.0 Å². The first kappa shape index (κ1) is 17.5. The van der Waals surface area contributed by atoms with Crippen molar-refractivity contribution in [1.82, 2.24) is 14.9 Å². The summed E-state index contributed by atoms with van der Waals surface area (Å²) in [5.41, 5.74) is 1.56. The van der Waals surface area contributed by atoms with E-state index in [9.17, 15) is 13.2 Å². The molecule has 0 aliphatic heterocycles. The van der Waals surface area contributed by atoms with Crippen molar-refractivity contribution in [3.8, 4) is 0 Å². The number of aromatic nitrogens is 2. The van der Waals surface area contributed by atoms with Gasteiger partial charge in [0.2, 0.25) is 0 Å². The topological polar surface area (TPSA) is 29.9 Å². The van der Waals surface area contributed by atoms with Gasteiger partial charge in [0.05, 0.1) is 22.6 Å². The molecule has 2 aromatic carbocycles. The number of halogens is 3. The number of nitrogens with one attached hydrogen (secondary N) is 1. The Labute approximate surface area is 144 Å². The van der Waals surface area contributed by atoms with Crippen LogP contribution in [0.4, 0.5) is 13.2 Å². The molecule has 0 saturated carbocycles. The lowest BCUT2D eigenvalue weighted by molar-refractivity contribution is -0.138. The highest BCUT2D eigenvalue weighted by Gasteiger charge is 2.32. The van der Waals surface area contributed by atoms with Gasteiger partial charge < -0.3 is 9.88 Å². The maximum absolute atomic E-state index is 13.1. The van der Waals surface area contributed by atoms with Crippen molar-refractivity contribution in [1.29, 1.82) is 0 Å². The van der Waals surface area contributed by atoms with Crippen LogP contribution in [0.5, 0.6) is 0 Å². The highest BCUT2D eigenvalue weighted by Crippen LogP contribution is 2.32. The van der Waals surface area contributed by atoms with Crippen LogP contribution in [0.3, 0.4) is 0 Å². The van der Waals surface area contributed by atoms with Crippen molar-refractivity contribution in [2.24, 2.45) is 0 Å². The zero-order valence-corrected chi connectivity index (χ0v) is 14.1. The lowest BCUT2D eigenvalue weighted by Crippen LogP contribution is -2.23. The van der Waals surface area contributed by atoms with Crippen LogP contribution in [0, 0.1) is 0 Å². The number of imidazole rings is 1. The smallest absolute Gasteiger partial charge is 0.327 e. The van der Waals surface area contributed by atoms with Gasteiger partial charge in [0.25, 0.3) is 0 Å². The Hall–Kier alpha value is -2.34. The Morgan fingerprint density at radius 1 is 1.08 bits per heavy atom. The molecule has 0 radical (unpaired) electrons. The predicted octanol–water partition coefficient (Wildman–Crippen LogP) is 4.93. The number of aryl methyl sites for hydroxylation is 1. The van der Waals surface area contributed by atoms with Crippen molar-refractivity contribution >= 4 is 11.0 Å². The Bertz CT molecular complexity index is 868. The van der Waals surface area contributed by atoms with Gasteiger partial charge in [-0.15, -0.1) is 0 Å². The molecular formula is C19H20F3N3. The third-order valence-electron chi connectivity index (χ3n) is 4.31. The molecule has 3 rings (SSSR count). The molecule has 1 N–H and O–H groups in total. The van der Waals surface area contributed by atoms with Crippen LogP contribution >= 0.6 is 0 Å². The van der Waals surface area contributed by atoms with Crippen LogP contribution in [-0.2, 0) is 19.3 Å². The van der Waals surface area contributed by atoms with E-state index in [1.54, 1.807) is 6.07 Å². The largest absolute Gasteiger partial charge is 0.416 e. The molecular weight excluding hydrogens is 327 g/mol. The number of para-hydroxylation sites is 2. The third-order valence-corrected chi connectivity index (χ3v) is 4.31. The van der Waals surface area contributed by atoms with Gasteiger partial charge in [0.15, 0.2) is 0 Å². The van der Waals surface area contributed by atoms with Crippen molar-refractivity contribution in [2.45, 2.75) is 39.2 Å². The minimum atomic E-state index is -4.35. The molecule has 1 aromatic heterocycles. The molecule has 0 aliphatic carbocycles. The van der Waals surface area contributed by atoms with Crippen LogP contribution in [0.2, 0.25) is 0 Å². The molecule has 132 valence electrons. The second-order valence-electron chi connectivity index (χ2n) is 5.96. The van der Waals surface area contributed by atoms with Gasteiger partial charge in [0.1, 0.15) is 5.82 Å². The molecule has 0 bridgehead atoms. The summed E-state index contributed by atoms with van der Waals surface area (Å²) in [5.74, 6) is 0.827. The average Bonchev–Trinajstić information content (AvgIpc) is 2.97. The van der Waals surface area contributed by atoms with Crippen molar-refractivity contribution in [3.05, 3.63) is 65.5 Å². The van der Waals surface area contributed by atoms with Gasteiger partial charge in [-0.05, 0) is 37.6 Å². The van der Waals surface area contributed by atoms with Gasteiger partial charge in [-0.1, -0.05) is 30.3 Å². The Morgan fingerprint density at radius 2 is 1.76 bits per heavy atom. The summed E-state index contributed by atoms with van der Waals surface area (Å²) in [6, 6.07) is 13.3. The Balaban J connectivity index is 1.84. The number of rotatable bonds is 5. The standard InChI is InChI=1S/C19H20F3N3/c1-3-25-17-11-7-6-10-16(17)24-18(25)13(2)23-12-14-8-4-5-9-15(14)19(20,21)22/h4-11,13,23H,3,12H2,1-2H3. The lowest BCUT2D eigenvalue weighted by Gasteiger charge is -2.17. The molecule has 6 heteroatoms. The van der Waals surface area contributed by atoms with Crippen molar-refractivity contribution in [3.63, 3.8) is 0 Å². The van der Waals surface area contributed by atoms with Gasteiger partial charge in [-0.25, -0.2) is 4.98 Å². The van der Waals surface area contributed by atoms with Gasteiger partial charge in [-0.3, -0.25) is 0 Å². The van der Waals surface area contributed by atoms with E-state index >= 15 is 0 Å². The minimum Gasteiger partial charge on any atom is -0.327 e. The fourth-order valence-corrected chi connectivity index (χ4v) is 3.06. The van der Waals surface area contributed by atoms with E-state index in [0.717, 1.165) is 29.5 Å². The molecule has 0 aliphatic rings. The highest BCUT2D eigenvalue weighted by molar-refractivity contribution is 5.76. The first-order chi connectivity index (χ1) is 11.9. The lowest BCUT2D eigenvalue weighted by atomic mass is 10.1. The SMILES string of the molecule is CCn1c(C(C)NCc2ccccc2C(F)(F)F)nc2ccccc21. The molecule has 0 fully saturated rings. The van der Waals surface area contributed by atoms with Crippen LogP contribution < -0.4 is 5.32 Å². The molecule has 3 nitrogen and oxygen atoms in total. The molecule has 3 aromatic rings.